The van der Waals surface area contributed by atoms with Crippen LogP contribution in [0.4, 0.5) is 5.82 Å². The molecule has 21 heavy (non-hydrogen) atoms. The maximum absolute atomic E-state index is 11.4. The molecule has 0 aliphatic carbocycles. The molecule has 0 saturated carbocycles. The second-order valence-corrected chi connectivity index (χ2v) is 5.30. The van der Waals surface area contributed by atoms with E-state index in [0.29, 0.717) is 11.6 Å². The lowest BCUT2D eigenvalue weighted by Gasteiger charge is -2.18. The number of nitrogens with zero attached hydrogens (tertiary/aromatic N) is 3. The number of hydrogen-bond donors (Lipinski definition) is 1. The van der Waals surface area contributed by atoms with Crippen molar-refractivity contribution in [3.8, 4) is 11.4 Å². The summed E-state index contributed by atoms with van der Waals surface area (Å²) in [6.45, 7) is 3.73. The van der Waals surface area contributed by atoms with Gasteiger partial charge in [-0.05, 0) is 19.8 Å². The molecular weight excluding hydrogens is 266 g/mol. The van der Waals surface area contributed by atoms with Gasteiger partial charge in [-0.25, -0.2) is 14.8 Å². The van der Waals surface area contributed by atoms with E-state index in [2.05, 4.69) is 9.97 Å². The molecule has 1 aliphatic heterocycles. The Kier molecular flexibility index (Phi) is 3.56. The van der Waals surface area contributed by atoms with Crippen molar-refractivity contribution >= 4 is 11.8 Å². The predicted octanol–water partition coefficient (Wildman–Crippen LogP) is 2.75. The van der Waals surface area contributed by atoms with E-state index in [4.69, 9.17) is 0 Å². The van der Waals surface area contributed by atoms with Crippen LogP contribution in [-0.4, -0.2) is 34.1 Å². The molecule has 0 radical (unpaired) electrons. The second kappa shape index (κ2) is 5.52. The lowest BCUT2D eigenvalue weighted by Crippen LogP contribution is -2.22. The highest BCUT2D eigenvalue weighted by Gasteiger charge is 2.22. The molecule has 1 N–H and O–H groups in total. The highest BCUT2D eigenvalue weighted by Crippen LogP contribution is 2.25. The summed E-state index contributed by atoms with van der Waals surface area (Å²) in [5, 5.41) is 9.32. The molecule has 0 atom stereocenters. The van der Waals surface area contributed by atoms with Crippen LogP contribution < -0.4 is 4.90 Å². The van der Waals surface area contributed by atoms with Crippen LogP contribution >= 0.6 is 0 Å². The minimum atomic E-state index is -0.979. The summed E-state index contributed by atoms with van der Waals surface area (Å²) in [4.78, 5) is 22.1. The molecule has 1 saturated heterocycles. The molecule has 2 heterocycles. The molecule has 0 unspecified atom stereocenters. The third kappa shape index (κ3) is 2.72. The van der Waals surface area contributed by atoms with Crippen molar-refractivity contribution in [3.05, 3.63) is 41.6 Å². The number of carboxylic acids is 1. The van der Waals surface area contributed by atoms with Crippen LogP contribution in [0.25, 0.3) is 11.4 Å². The minimum Gasteiger partial charge on any atom is -0.477 e. The maximum Gasteiger partial charge on any atom is 0.341 e. The van der Waals surface area contributed by atoms with Gasteiger partial charge in [0, 0.05) is 24.8 Å². The quantitative estimate of drug-likeness (QED) is 0.938. The molecule has 1 aliphatic rings. The number of rotatable bonds is 3. The Balaban J connectivity index is 2.05. The second-order valence-electron chi connectivity index (χ2n) is 5.30. The first-order chi connectivity index (χ1) is 10.1. The van der Waals surface area contributed by atoms with Crippen LogP contribution in [0.15, 0.2) is 30.5 Å². The summed E-state index contributed by atoms with van der Waals surface area (Å²) in [6, 6.07) is 7.91. The van der Waals surface area contributed by atoms with E-state index in [1.54, 1.807) is 0 Å². The Morgan fingerprint density at radius 3 is 2.48 bits per heavy atom. The number of aryl methyl sites for hydroxylation is 1. The van der Waals surface area contributed by atoms with Gasteiger partial charge in [-0.15, -0.1) is 0 Å². The van der Waals surface area contributed by atoms with Gasteiger partial charge in [-0.3, -0.25) is 0 Å². The number of carboxylic acid groups (broad SMARTS) is 1. The first-order valence-electron chi connectivity index (χ1n) is 7.07. The molecule has 1 aromatic heterocycles. The Labute approximate surface area is 123 Å². The van der Waals surface area contributed by atoms with Crippen molar-refractivity contribution in [1.82, 2.24) is 9.97 Å². The van der Waals surface area contributed by atoms with Crippen LogP contribution in [0.1, 0.15) is 28.8 Å². The maximum atomic E-state index is 11.4. The number of hydrogen-bond acceptors (Lipinski definition) is 4. The van der Waals surface area contributed by atoms with E-state index >= 15 is 0 Å². The zero-order chi connectivity index (χ0) is 14.8. The molecule has 0 amide bonds. The first kappa shape index (κ1) is 13.5. The summed E-state index contributed by atoms with van der Waals surface area (Å²) < 4.78 is 0. The predicted molar refractivity (Wildman–Crippen MR) is 80.6 cm³/mol. The third-order valence-corrected chi connectivity index (χ3v) is 3.71. The van der Waals surface area contributed by atoms with Crippen molar-refractivity contribution < 1.29 is 9.90 Å². The molecule has 2 aromatic rings. The summed E-state index contributed by atoms with van der Waals surface area (Å²) in [7, 11) is 0. The molecule has 3 rings (SSSR count). The first-order valence-corrected chi connectivity index (χ1v) is 7.07. The topological polar surface area (TPSA) is 66.3 Å². The molecule has 5 heteroatoms. The molecule has 0 bridgehead atoms. The Morgan fingerprint density at radius 2 is 1.86 bits per heavy atom. The monoisotopic (exact) mass is 283 g/mol. The summed E-state index contributed by atoms with van der Waals surface area (Å²) in [6.07, 6.45) is 3.56. The standard InChI is InChI=1S/C16H17N3O2/c1-11-4-6-12(7-5-11)14-17-10-13(16(20)21)15(18-14)19-8-2-3-9-19/h4-7,10H,2-3,8-9H2,1H3,(H,20,21). The molecule has 0 spiro atoms. The van der Waals surface area contributed by atoms with Crippen molar-refractivity contribution in [2.45, 2.75) is 19.8 Å². The van der Waals surface area contributed by atoms with Gasteiger partial charge in [0.15, 0.2) is 5.82 Å². The number of aromatic carboxylic acids is 1. The van der Waals surface area contributed by atoms with E-state index < -0.39 is 5.97 Å². The van der Waals surface area contributed by atoms with Crippen LogP contribution in [0, 0.1) is 6.92 Å². The SMILES string of the molecule is Cc1ccc(-c2ncc(C(=O)O)c(N3CCCC3)n2)cc1. The fraction of sp³-hybridized carbons (Fsp3) is 0.312. The minimum absolute atomic E-state index is 0.174. The number of aromatic nitrogens is 2. The number of benzene rings is 1. The van der Waals surface area contributed by atoms with Crippen LogP contribution in [0.5, 0.6) is 0 Å². The molecule has 1 aromatic carbocycles. The average molecular weight is 283 g/mol. The Hall–Kier alpha value is -2.43. The highest BCUT2D eigenvalue weighted by molar-refractivity contribution is 5.93. The van der Waals surface area contributed by atoms with Crippen LogP contribution in [0.3, 0.4) is 0 Å². The number of carbonyl (C=O) groups is 1. The van der Waals surface area contributed by atoms with Crippen molar-refractivity contribution in [3.63, 3.8) is 0 Å². The van der Waals surface area contributed by atoms with Gasteiger partial charge in [0.1, 0.15) is 11.4 Å². The zero-order valence-corrected chi connectivity index (χ0v) is 11.9. The molecule has 108 valence electrons. The fourth-order valence-corrected chi connectivity index (χ4v) is 2.54. The van der Waals surface area contributed by atoms with E-state index in [0.717, 1.165) is 31.5 Å². The smallest absolute Gasteiger partial charge is 0.341 e. The lowest BCUT2D eigenvalue weighted by molar-refractivity contribution is 0.0696. The molecule has 5 nitrogen and oxygen atoms in total. The van der Waals surface area contributed by atoms with Crippen molar-refractivity contribution in [2.75, 3.05) is 18.0 Å². The van der Waals surface area contributed by atoms with E-state index in [-0.39, 0.29) is 5.56 Å². The van der Waals surface area contributed by atoms with Crippen molar-refractivity contribution in [1.29, 1.82) is 0 Å². The van der Waals surface area contributed by atoms with Gasteiger partial charge in [0.05, 0.1) is 0 Å². The van der Waals surface area contributed by atoms with Gasteiger partial charge < -0.3 is 10.0 Å². The molecule has 1 fully saturated rings. The number of anilines is 1. The van der Waals surface area contributed by atoms with Gasteiger partial charge >= 0.3 is 5.97 Å². The van der Waals surface area contributed by atoms with Crippen molar-refractivity contribution in [2.24, 2.45) is 0 Å². The van der Waals surface area contributed by atoms with Crippen LogP contribution in [-0.2, 0) is 0 Å². The lowest BCUT2D eigenvalue weighted by atomic mass is 10.1. The zero-order valence-electron chi connectivity index (χ0n) is 11.9. The van der Waals surface area contributed by atoms with E-state index in [1.807, 2.05) is 36.1 Å². The van der Waals surface area contributed by atoms with Crippen LogP contribution in [0.2, 0.25) is 0 Å². The summed E-state index contributed by atoms with van der Waals surface area (Å²) >= 11 is 0. The normalized spacial score (nSPS) is 14.4. The summed E-state index contributed by atoms with van der Waals surface area (Å²) in [5.74, 6) is 0.125. The summed E-state index contributed by atoms with van der Waals surface area (Å²) in [5.41, 5.74) is 2.24. The molecular formula is C16H17N3O2. The highest BCUT2D eigenvalue weighted by atomic mass is 16.4. The Bertz CT molecular complexity index is 662. The van der Waals surface area contributed by atoms with Gasteiger partial charge in [-0.1, -0.05) is 29.8 Å². The van der Waals surface area contributed by atoms with Gasteiger partial charge in [0.25, 0.3) is 0 Å². The van der Waals surface area contributed by atoms with E-state index in [1.165, 1.54) is 11.8 Å². The van der Waals surface area contributed by atoms with Gasteiger partial charge in [0.2, 0.25) is 0 Å². The average Bonchev–Trinajstić information content (AvgIpc) is 3.01. The van der Waals surface area contributed by atoms with Gasteiger partial charge in [-0.2, -0.15) is 0 Å². The Morgan fingerprint density at radius 1 is 1.19 bits per heavy atom. The fourth-order valence-electron chi connectivity index (χ4n) is 2.54. The third-order valence-electron chi connectivity index (χ3n) is 3.71. The largest absolute Gasteiger partial charge is 0.477 e. The van der Waals surface area contributed by atoms with E-state index in [9.17, 15) is 9.90 Å².